The van der Waals surface area contributed by atoms with Crippen LogP contribution in [0.1, 0.15) is 22.5 Å². The van der Waals surface area contributed by atoms with Crippen LogP contribution in [-0.2, 0) is 4.79 Å². The fourth-order valence-electron chi connectivity index (χ4n) is 3.61. The molecule has 150 valence electrons. The van der Waals surface area contributed by atoms with Crippen molar-refractivity contribution in [2.24, 2.45) is 0 Å². The van der Waals surface area contributed by atoms with E-state index in [9.17, 15) is 9.59 Å². The van der Waals surface area contributed by atoms with Gasteiger partial charge in [0.25, 0.3) is 11.7 Å². The molecule has 1 saturated heterocycles. The van der Waals surface area contributed by atoms with Gasteiger partial charge in [0.15, 0.2) is 5.82 Å². The number of aromatic nitrogens is 3. The summed E-state index contributed by atoms with van der Waals surface area (Å²) in [6, 6.07) is 7.50. The van der Waals surface area contributed by atoms with Gasteiger partial charge in [-0.25, -0.2) is 0 Å². The van der Waals surface area contributed by atoms with Gasteiger partial charge in [-0.15, -0.1) is 0 Å². The smallest absolute Gasteiger partial charge is 0.295 e. The van der Waals surface area contributed by atoms with Gasteiger partial charge in [-0.05, 0) is 13.0 Å². The van der Waals surface area contributed by atoms with Crippen molar-refractivity contribution in [2.45, 2.75) is 19.4 Å². The Balaban J connectivity index is 1.46. The van der Waals surface area contributed by atoms with E-state index in [-0.39, 0.29) is 6.10 Å². The molecular formula is C21H23N5O3. The summed E-state index contributed by atoms with van der Waals surface area (Å²) in [5.41, 5.74) is 2.00. The van der Waals surface area contributed by atoms with E-state index < -0.39 is 11.7 Å². The number of nitrogens with zero attached hydrogens (tertiary/aromatic N) is 4. The Morgan fingerprint density at radius 2 is 2.03 bits per heavy atom. The number of aryl methyl sites for hydroxylation is 1. The summed E-state index contributed by atoms with van der Waals surface area (Å²) >= 11 is 0. The number of hydrogen-bond donors (Lipinski definition) is 1. The van der Waals surface area contributed by atoms with Crippen LogP contribution in [0.5, 0.6) is 5.88 Å². The van der Waals surface area contributed by atoms with E-state index in [0.717, 1.165) is 10.9 Å². The summed E-state index contributed by atoms with van der Waals surface area (Å²) in [5.74, 6) is 0.111. The van der Waals surface area contributed by atoms with E-state index in [1.807, 2.05) is 50.2 Å². The zero-order valence-electron chi connectivity index (χ0n) is 16.7. The normalized spacial score (nSPS) is 16.2. The Labute approximate surface area is 168 Å². The average molecular weight is 393 g/mol. The fourth-order valence-corrected chi connectivity index (χ4v) is 3.61. The number of ether oxygens (including phenoxy) is 1. The van der Waals surface area contributed by atoms with Crippen LogP contribution in [0.2, 0.25) is 0 Å². The molecule has 8 nitrogen and oxygen atoms in total. The lowest BCUT2D eigenvalue weighted by Gasteiger charge is -2.17. The van der Waals surface area contributed by atoms with Crippen molar-refractivity contribution < 1.29 is 14.3 Å². The molecule has 0 spiro atoms. The first-order chi connectivity index (χ1) is 13.9. The number of rotatable bonds is 5. The molecule has 3 aromatic rings. The van der Waals surface area contributed by atoms with Gasteiger partial charge in [0, 0.05) is 43.7 Å². The number of para-hydroxylation sites is 1. The molecule has 0 aliphatic carbocycles. The van der Waals surface area contributed by atoms with Crippen LogP contribution >= 0.6 is 0 Å². The summed E-state index contributed by atoms with van der Waals surface area (Å²) < 4.78 is 5.90. The van der Waals surface area contributed by atoms with Gasteiger partial charge in [-0.3, -0.25) is 14.6 Å². The zero-order valence-corrected chi connectivity index (χ0v) is 16.7. The second kappa shape index (κ2) is 7.54. The lowest BCUT2D eigenvalue weighted by Crippen LogP contribution is -2.36. The van der Waals surface area contributed by atoms with E-state index in [1.54, 1.807) is 17.3 Å². The first-order valence-electron chi connectivity index (χ1n) is 9.51. The molecule has 1 aliphatic rings. The van der Waals surface area contributed by atoms with Crippen molar-refractivity contribution in [3.05, 3.63) is 47.9 Å². The fraction of sp³-hybridized carbons (Fsp3) is 0.333. The van der Waals surface area contributed by atoms with Gasteiger partial charge in [0.05, 0.1) is 24.5 Å². The van der Waals surface area contributed by atoms with E-state index >= 15 is 0 Å². The van der Waals surface area contributed by atoms with Gasteiger partial charge < -0.3 is 19.5 Å². The highest BCUT2D eigenvalue weighted by Gasteiger charge is 2.33. The highest BCUT2D eigenvalue weighted by Crippen LogP contribution is 2.24. The molecule has 1 atom stereocenters. The number of benzene rings is 1. The van der Waals surface area contributed by atoms with E-state index in [4.69, 9.17) is 4.74 Å². The van der Waals surface area contributed by atoms with Crippen LogP contribution in [0.3, 0.4) is 0 Å². The minimum absolute atomic E-state index is 0.220. The molecule has 29 heavy (non-hydrogen) atoms. The van der Waals surface area contributed by atoms with Crippen molar-refractivity contribution in [3.8, 4) is 5.88 Å². The van der Waals surface area contributed by atoms with Crippen molar-refractivity contribution in [3.63, 3.8) is 0 Å². The van der Waals surface area contributed by atoms with E-state index in [0.29, 0.717) is 42.5 Å². The van der Waals surface area contributed by atoms with Gasteiger partial charge in [-0.1, -0.05) is 18.2 Å². The number of anilines is 1. The molecular weight excluding hydrogens is 370 g/mol. The highest BCUT2D eigenvalue weighted by molar-refractivity contribution is 6.45. The van der Waals surface area contributed by atoms with Crippen LogP contribution in [0, 0.1) is 6.92 Å². The molecule has 1 aromatic carbocycles. The van der Waals surface area contributed by atoms with Crippen LogP contribution in [0.25, 0.3) is 10.9 Å². The maximum Gasteiger partial charge on any atom is 0.295 e. The summed E-state index contributed by atoms with van der Waals surface area (Å²) in [4.78, 5) is 40.9. The Morgan fingerprint density at radius 1 is 1.24 bits per heavy atom. The molecule has 1 fully saturated rings. The first-order valence-corrected chi connectivity index (χ1v) is 9.51. The third-order valence-corrected chi connectivity index (χ3v) is 5.09. The van der Waals surface area contributed by atoms with Crippen LogP contribution in [-0.4, -0.2) is 64.8 Å². The summed E-state index contributed by atoms with van der Waals surface area (Å²) in [6.07, 6.45) is 3.62. The second-order valence-corrected chi connectivity index (χ2v) is 7.39. The number of Topliss-reactive ketones (excluding diaryl/α,β-unsaturated/α-hetero) is 1. The predicted molar refractivity (Wildman–Crippen MR) is 109 cm³/mol. The van der Waals surface area contributed by atoms with Crippen LogP contribution < -0.4 is 9.64 Å². The maximum absolute atomic E-state index is 12.9. The van der Waals surface area contributed by atoms with Crippen LogP contribution in [0.4, 0.5) is 5.82 Å². The van der Waals surface area contributed by atoms with Gasteiger partial charge in [-0.2, -0.15) is 4.98 Å². The molecule has 0 radical (unpaired) electrons. The van der Waals surface area contributed by atoms with Crippen LogP contribution in [0.15, 0.2) is 36.7 Å². The Morgan fingerprint density at radius 3 is 2.83 bits per heavy atom. The number of nitrogens with one attached hydrogen (secondary N) is 1. The first kappa shape index (κ1) is 18.9. The molecule has 0 saturated carbocycles. The molecule has 1 N–H and O–H groups in total. The number of carbonyl (C=O) groups excluding carboxylic acids is 2. The number of H-pyrrole nitrogens is 1. The number of carbonyl (C=O) groups is 2. The standard InChI is InChI=1S/C21H23N5O3/c1-13-19(15-6-4-5-7-16(15)23-13)20(27)21(28)26-9-8-14(12-26)29-18-11-22-10-17(24-18)25(2)3/h4-7,10-11,14,23H,8-9,12H2,1-3H3. The van der Waals surface area contributed by atoms with E-state index in [2.05, 4.69) is 15.0 Å². The second-order valence-electron chi connectivity index (χ2n) is 7.39. The lowest BCUT2D eigenvalue weighted by molar-refractivity contribution is -0.125. The summed E-state index contributed by atoms with van der Waals surface area (Å²) in [6.45, 7) is 2.63. The number of aromatic amines is 1. The SMILES string of the molecule is Cc1[nH]c2ccccc2c1C(=O)C(=O)N1CCC(Oc2cncc(N(C)C)n2)C1. The molecule has 1 amide bonds. The highest BCUT2D eigenvalue weighted by atomic mass is 16.5. The summed E-state index contributed by atoms with van der Waals surface area (Å²) in [5, 5.41) is 0.770. The number of amides is 1. The van der Waals surface area contributed by atoms with Crippen molar-refractivity contribution in [1.29, 1.82) is 0 Å². The maximum atomic E-state index is 12.9. The minimum Gasteiger partial charge on any atom is -0.471 e. The quantitative estimate of drug-likeness (QED) is 0.528. The third kappa shape index (κ3) is 3.65. The molecule has 8 heteroatoms. The lowest BCUT2D eigenvalue weighted by atomic mass is 10.1. The molecule has 1 aliphatic heterocycles. The average Bonchev–Trinajstić information content (AvgIpc) is 3.30. The monoisotopic (exact) mass is 393 g/mol. The molecule has 3 heterocycles. The van der Waals surface area contributed by atoms with Gasteiger partial charge in [0.2, 0.25) is 5.88 Å². The predicted octanol–water partition coefficient (Wildman–Crippen LogP) is 2.19. The van der Waals surface area contributed by atoms with E-state index in [1.165, 1.54) is 0 Å². The molecule has 1 unspecified atom stereocenters. The number of likely N-dealkylation sites (tertiary alicyclic amines) is 1. The molecule has 0 bridgehead atoms. The summed E-state index contributed by atoms with van der Waals surface area (Å²) in [7, 11) is 3.75. The number of fused-ring (bicyclic) bond motifs is 1. The third-order valence-electron chi connectivity index (χ3n) is 5.09. The Bertz CT molecular complexity index is 1080. The number of hydrogen-bond acceptors (Lipinski definition) is 6. The Kier molecular flexibility index (Phi) is 4.92. The van der Waals surface area contributed by atoms with Gasteiger partial charge in [0.1, 0.15) is 6.10 Å². The van der Waals surface area contributed by atoms with Crippen molar-refractivity contribution >= 4 is 28.4 Å². The Hall–Kier alpha value is -3.42. The molecule has 2 aromatic heterocycles. The number of ketones is 1. The molecule has 4 rings (SSSR count). The zero-order chi connectivity index (χ0) is 20.5. The largest absolute Gasteiger partial charge is 0.471 e. The topological polar surface area (TPSA) is 91.4 Å². The van der Waals surface area contributed by atoms with Gasteiger partial charge >= 0.3 is 0 Å². The van der Waals surface area contributed by atoms with Crippen molar-refractivity contribution in [1.82, 2.24) is 19.9 Å². The minimum atomic E-state index is -0.503. The van der Waals surface area contributed by atoms with Crippen molar-refractivity contribution in [2.75, 3.05) is 32.1 Å².